The topological polar surface area (TPSA) is 34.6 Å². The summed E-state index contributed by atoms with van der Waals surface area (Å²) in [5.41, 5.74) is 2.85. The molecule has 0 aliphatic carbocycles. The fraction of sp³-hybridized carbons (Fsp3) is 0.300. The smallest absolute Gasteiger partial charge is 0.121 e. The van der Waals surface area contributed by atoms with Crippen LogP contribution in [0.5, 0.6) is 5.75 Å². The van der Waals surface area contributed by atoms with Gasteiger partial charge in [-0.3, -0.25) is 0 Å². The van der Waals surface area contributed by atoms with E-state index >= 15 is 0 Å². The Kier molecular flexibility index (Phi) is 1.89. The van der Waals surface area contributed by atoms with Gasteiger partial charge in [0.2, 0.25) is 0 Å². The van der Waals surface area contributed by atoms with Gasteiger partial charge >= 0.3 is 0 Å². The van der Waals surface area contributed by atoms with Gasteiger partial charge in [-0.15, -0.1) is 11.3 Å². The first-order valence-electron chi connectivity index (χ1n) is 4.49. The molecule has 1 atom stereocenters. The Morgan fingerprint density at radius 1 is 1.57 bits per heavy atom. The lowest BCUT2D eigenvalue weighted by Crippen LogP contribution is -2.03. The van der Waals surface area contributed by atoms with Gasteiger partial charge in [-0.25, -0.2) is 4.98 Å². The number of benzene rings is 1. The zero-order valence-corrected chi connectivity index (χ0v) is 8.29. The Labute approximate surface area is 85.3 Å². The van der Waals surface area contributed by atoms with Crippen LogP contribution < -0.4 is 4.74 Å². The normalized spacial score (nSPS) is 19.9. The molecule has 1 unspecified atom stereocenters. The highest BCUT2D eigenvalue weighted by atomic mass is 32.1. The van der Waals surface area contributed by atoms with Gasteiger partial charge in [-0.1, -0.05) is 0 Å². The van der Waals surface area contributed by atoms with Crippen molar-refractivity contribution in [3.8, 4) is 5.75 Å². The third-order valence-corrected chi connectivity index (χ3v) is 2.95. The summed E-state index contributed by atoms with van der Waals surface area (Å²) in [4.78, 5) is 4.23. The Balaban J connectivity index is 1.81. The van der Waals surface area contributed by atoms with Crippen LogP contribution in [-0.2, 0) is 4.74 Å². The van der Waals surface area contributed by atoms with Gasteiger partial charge in [0.1, 0.15) is 18.5 Å². The Bertz CT molecular complexity index is 450. The third-order valence-electron chi connectivity index (χ3n) is 2.14. The van der Waals surface area contributed by atoms with Crippen molar-refractivity contribution in [2.45, 2.75) is 6.10 Å². The fourth-order valence-electron chi connectivity index (χ4n) is 1.28. The van der Waals surface area contributed by atoms with E-state index in [1.165, 1.54) is 4.70 Å². The van der Waals surface area contributed by atoms with Crippen molar-refractivity contribution in [2.24, 2.45) is 0 Å². The molecular formula is C10H9NO2S. The Morgan fingerprint density at radius 2 is 2.50 bits per heavy atom. The lowest BCUT2D eigenvalue weighted by Gasteiger charge is -2.02. The molecule has 1 fully saturated rings. The highest BCUT2D eigenvalue weighted by Gasteiger charge is 2.23. The standard InChI is InChI=1S/C10H9NO2S/c1-2-10-9(11-6-14-10)3-7(1)12-4-8-5-13-8/h1-3,6,8H,4-5H2. The van der Waals surface area contributed by atoms with E-state index in [2.05, 4.69) is 4.98 Å². The zero-order valence-electron chi connectivity index (χ0n) is 7.47. The van der Waals surface area contributed by atoms with Gasteiger partial charge in [0.05, 0.1) is 22.3 Å². The third kappa shape index (κ3) is 1.58. The van der Waals surface area contributed by atoms with Gasteiger partial charge in [-0.2, -0.15) is 0 Å². The molecule has 14 heavy (non-hydrogen) atoms. The van der Waals surface area contributed by atoms with E-state index in [1.807, 2.05) is 23.7 Å². The first kappa shape index (κ1) is 8.20. The summed E-state index contributed by atoms with van der Waals surface area (Å²) < 4.78 is 11.8. The van der Waals surface area contributed by atoms with E-state index in [9.17, 15) is 0 Å². The summed E-state index contributed by atoms with van der Waals surface area (Å²) >= 11 is 1.64. The molecule has 1 aliphatic heterocycles. The maximum absolute atomic E-state index is 5.55. The molecule has 3 rings (SSSR count). The molecule has 0 radical (unpaired) electrons. The van der Waals surface area contributed by atoms with Gasteiger partial charge in [-0.05, 0) is 12.1 Å². The highest BCUT2D eigenvalue weighted by Crippen LogP contribution is 2.23. The number of thiazole rings is 1. The number of hydrogen-bond donors (Lipinski definition) is 0. The van der Waals surface area contributed by atoms with Crippen molar-refractivity contribution in [3.63, 3.8) is 0 Å². The van der Waals surface area contributed by atoms with Crippen molar-refractivity contribution < 1.29 is 9.47 Å². The summed E-state index contributed by atoms with van der Waals surface area (Å²) in [5, 5.41) is 0. The Morgan fingerprint density at radius 3 is 3.36 bits per heavy atom. The number of epoxide rings is 1. The molecule has 1 aliphatic rings. The van der Waals surface area contributed by atoms with Crippen LogP contribution in [0.25, 0.3) is 10.2 Å². The van der Waals surface area contributed by atoms with Crippen LogP contribution in [0.15, 0.2) is 23.7 Å². The molecule has 0 saturated carbocycles. The van der Waals surface area contributed by atoms with Crippen molar-refractivity contribution in [2.75, 3.05) is 13.2 Å². The first-order valence-corrected chi connectivity index (χ1v) is 5.37. The van der Waals surface area contributed by atoms with Crippen LogP contribution in [0.2, 0.25) is 0 Å². The van der Waals surface area contributed by atoms with Crippen LogP contribution >= 0.6 is 11.3 Å². The first-order chi connectivity index (χ1) is 6.92. The lowest BCUT2D eigenvalue weighted by molar-refractivity contribution is 0.263. The molecule has 0 bridgehead atoms. The van der Waals surface area contributed by atoms with E-state index in [4.69, 9.17) is 9.47 Å². The van der Waals surface area contributed by atoms with Crippen LogP contribution in [0.3, 0.4) is 0 Å². The van der Waals surface area contributed by atoms with E-state index in [-0.39, 0.29) is 0 Å². The van der Waals surface area contributed by atoms with Crippen molar-refractivity contribution >= 4 is 21.6 Å². The molecule has 0 amide bonds. The van der Waals surface area contributed by atoms with Gasteiger partial charge in [0.15, 0.2) is 0 Å². The maximum atomic E-state index is 5.55. The molecule has 2 heterocycles. The maximum Gasteiger partial charge on any atom is 0.121 e. The van der Waals surface area contributed by atoms with Crippen LogP contribution in [-0.4, -0.2) is 24.3 Å². The van der Waals surface area contributed by atoms with Gasteiger partial charge in [0, 0.05) is 6.07 Å². The zero-order chi connectivity index (χ0) is 9.38. The highest BCUT2D eigenvalue weighted by molar-refractivity contribution is 7.16. The van der Waals surface area contributed by atoms with E-state index < -0.39 is 0 Å². The van der Waals surface area contributed by atoms with E-state index in [0.717, 1.165) is 17.9 Å². The lowest BCUT2D eigenvalue weighted by atomic mass is 10.3. The molecule has 4 heteroatoms. The molecule has 1 saturated heterocycles. The molecule has 3 nitrogen and oxygen atoms in total. The number of aromatic nitrogens is 1. The van der Waals surface area contributed by atoms with Gasteiger partial charge in [0.25, 0.3) is 0 Å². The number of hydrogen-bond acceptors (Lipinski definition) is 4. The van der Waals surface area contributed by atoms with E-state index in [1.54, 1.807) is 11.3 Å². The van der Waals surface area contributed by atoms with Crippen molar-refractivity contribution in [1.29, 1.82) is 0 Å². The summed E-state index contributed by atoms with van der Waals surface area (Å²) in [6.45, 7) is 1.48. The largest absolute Gasteiger partial charge is 0.491 e. The summed E-state index contributed by atoms with van der Waals surface area (Å²) in [7, 11) is 0. The second-order valence-electron chi connectivity index (χ2n) is 3.25. The number of nitrogens with zero attached hydrogens (tertiary/aromatic N) is 1. The SMILES string of the molecule is c1nc2cc(OCC3CO3)ccc2s1. The summed E-state index contributed by atoms with van der Waals surface area (Å²) in [6, 6.07) is 5.98. The van der Waals surface area contributed by atoms with Crippen LogP contribution in [0.1, 0.15) is 0 Å². The molecule has 72 valence electrons. The summed E-state index contributed by atoms with van der Waals surface area (Å²) in [6.07, 6.45) is 0.307. The van der Waals surface area contributed by atoms with Crippen LogP contribution in [0.4, 0.5) is 0 Å². The average molecular weight is 207 g/mol. The Hall–Kier alpha value is -1.13. The molecule has 0 spiro atoms. The molecule has 0 N–H and O–H groups in total. The quantitative estimate of drug-likeness (QED) is 0.723. The minimum absolute atomic E-state index is 0.307. The van der Waals surface area contributed by atoms with Crippen molar-refractivity contribution in [3.05, 3.63) is 23.7 Å². The number of fused-ring (bicyclic) bond motifs is 1. The minimum atomic E-state index is 0.307. The number of ether oxygens (including phenoxy) is 2. The predicted octanol–water partition coefficient (Wildman–Crippen LogP) is 2.07. The van der Waals surface area contributed by atoms with E-state index in [0.29, 0.717) is 12.7 Å². The molecule has 2 aromatic rings. The minimum Gasteiger partial charge on any atom is -0.491 e. The second-order valence-corrected chi connectivity index (χ2v) is 4.13. The monoisotopic (exact) mass is 207 g/mol. The predicted molar refractivity (Wildman–Crippen MR) is 54.9 cm³/mol. The van der Waals surface area contributed by atoms with Crippen LogP contribution in [0, 0.1) is 0 Å². The second kappa shape index (κ2) is 3.22. The molecular weight excluding hydrogens is 198 g/mol. The summed E-state index contributed by atoms with van der Waals surface area (Å²) in [5.74, 6) is 0.874. The van der Waals surface area contributed by atoms with Crippen molar-refractivity contribution in [1.82, 2.24) is 4.98 Å². The number of rotatable bonds is 3. The average Bonchev–Trinajstić information content (AvgIpc) is 2.92. The fourth-order valence-corrected chi connectivity index (χ4v) is 1.94. The van der Waals surface area contributed by atoms with Gasteiger partial charge < -0.3 is 9.47 Å². The molecule has 1 aromatic carbocycles. The molecule has 1 aromatic heterocycles.